The number of amides is 6. The van der Waals surface area contributed by atoms with E-state index in [2.05, 4.69) is 31.6 Å². The fourth-order valence-electron chi connectivity index (χ4n) is 4.93. The van der Waals surface area contributed by atoms with Gasteiger partial charge in [0.2, 0.25) is 35.4 Å². The Balaban J connectivity index is 2.29. The molecule has 1 saturated heterocycles. The second-order valence-electron chi connectivity index (χ2n) is 11.6. The predicted octanol–water partition coefficient (Wildman–Crippen LogP) is -2.62. The molecule has 5 atom stereocenters. The number of rotatable bonds is 19. The maximum absolute atomic E-state index is 13.6. The summed E-state index contributed by atoms with van der Waals surface area (Å²) < 4.78 is 0. The molecule has 0 spiro atoms. The molecule has 1 aliphatic rings. The summed E-state index contributed by atoms with van der Waals surface area (Å²) in [6, 6.07) is 3.87. The lowest BCUT2D eigenvalue weighted by atomic mass is 10.0. The lowest BCUT2D eigenvalue weighted by Crippen LogP contribution is -2.59. The summed E-state index contributed by atoms with van der Waals surface area (Å²) in [6.07, 6.45) is 1.52. The van der Waals surface area contributed by atoms with Gasteiger partial charge in [0.1, 0.15) is 24.2 Å². The number of primary amides is 2. The van der Waals surface area contributed by atoms with E-state index < -0.39 is 59.7 Å². The summed E-state index contributed by atoms with van der Waals surface area (Å²) in [5.41, 5.74) is 22.3. The van der Waals surface area contributed by atoms with E-state index in [-0.39, 0.29) is 50.0 Å². The van der Waals surface area contributed by atoms with Crippen LogP contribution in [-0.2, 0) is 35.2 Å². The van der Waals surface area contributed by atoms with Crippen LogP contribution in [0.5, 0.6) is 0 Å². The summed E-state index contributed by atoms with van der Waals surface area (Å²) >= 11 is 0. The van der Waals surface area contributed by atoms with Gasteiger partial charge in [-0.25, -0.2) is 0 Å². The summed E-state index contributed by atoms with van der Waals surface area (Å²) in [7, 11) is 0. The maximum Gasteiger partial charge on any atom is 0.243 e. The van der Waals surface area contributed by atoms with E-state index >= 15 is 0 Å². The Hall–Kier alpha value is -4.73. The molecule has 0 bridgehead atoms. The van der Waals surface area contributed by atoms with E-state index in [1.807, 2.05) is 0 Å². The van der Waals surface area contributed by atoms with Gasteiger partial charge in [-0.2, -0.15) is 0 Å². The Morgan fingerprint density at radius 2 is 1.46 bits per heavy atom. The highest BCUT2D eigenvalue weighted by molar-refractivity contribution is 5.96. The average Bonchev–Trinajstić information content (AvgIpc) is 3.54. The van der Waals surface area contributed by atoms with E-state index in [0.717, 1.165) is 6.42 Å². The molecule has 1 fully saturated rings. The number of guanidine groups is 1. The minimum atomic E-state index is -1.30. The molecule has 1 heterocycles. The van der Waals surface area contributed by atoms with Crippen LogP contribution in [0.4, 0.5) is 0 Å². The normalized spacial score (nSPS) is 16.7. The third kappa shape index (κ3) is 13.1. The molecule has 1 aromatic rings. The molecule has 254 valence electrons. The van der Waals surface area contributed by atoms with Gasteiger partial charge in [-0.3, -0.25) is 33.8 Å². The molecule has 0 aliphatic carbocycles. The number of nitrogens with one attached hydrogen (secondary N) is 5. The van der Waals surface area contributed by atoms with Gasteiger partial charge in [-0.05, 0) is 50.1 Å². The maximum atomic E-state index is 13.6. The molecule has 0 unspecified atom stereocenters. The topological polar surface area (TPSA) is 279 Å². The van der Waals surface area contributed by atoms with Crippen molar-refractivity contribution < 1.29 is 28.8 Å². The van der Waals surface area contributed by atoms with E-state index in [1.54, 1.807) is 44.2 Å². The number of carbonyl (C=O) groups excluding carboxylic acids is 6. The van der Waals surface area contributed by atoms with Crippen molar-refractivity contribution >= 4 is 41.4 Å². The Morgan fingerprint density at radius 1 is 0.848 bits per heavy atom. The SMILES string of the molecule is CC(C)[C@H](NC(=O)[C@H](Cc1ccccc1)NC(=O)[C@H](CCC(N)=O)NC(=O)[C@H](CCCN=C(N)N)NC(=O)[C@@H]1CCCN1)C(N)=O. The molecule has 1 aromatic carbocycles. The van der Waals surface area contributed by atoms with Crippen molar-refractivity contribution in [3.63, 3.8) is 0 Å². The van der Waals surface area contributed by atoms with Crippen LogP contribution < -0.4 is 49.5 Å². The van der Waals surface area contributed by atoms with Crippen molar-refractivity contribution in [1.29, 1.82) is 0 Å². The van der Waals surface area contributed by atoms with E-state index in [9.17, 15) is 28.8 Å². The molecule has 16 nitrogen and oxygen atoms in total. The Morgan fingerprint density at radius 3 is 2.00 bits per heavy atom. The molecular formula is C30H48N10O6. The summed E-state index contributed by atoms with van der Waals surface area (Å²) in [5, 5.41) is 13.7. The van der Waals surface area contributed by atoms with Crippen LogP contribution in [-0.4, -0.2) is 84.7 Å². The number of nitrogens with two attached hydrogens (primary N) is 4. The summed E-state index contributed by atoms with van der Waals surface area (Å²) in [4.78, 5) is 81.0. The third-order valence-electron chi connectivity index (χ3n) is 7.45. The van der Waals surface area contributed by atoms with Crippen molar-refractivity contribution in [1.82, 2.24) is 26.6 Å². The van der Waals surface area contributed by atoms with Crippen molar-refractivity contribution in [2.24, 2.45) is 33.8 Å². The number of carbonyl (C=O) groups is 6. The van der Waals surface area contributed by atoms with Crippen LogP contribution in [0.25, 0.3) is 0 Å². The quantitative estimate of drug-likeness (QED) is 0.0432. The van der Waals surface area contributed by atoms with Crippen molar-refractivity contribution in [2.75, 3.05) is 13.1 Å². The first kappa shape index (κ1) is 37.5. The second-order valence-corrected chi connectivity index (χ2v) is 11.6. The van der Waals surface area contributed by atoms with Crippen LogP contribution in [0.3, 0.4) is 0 Å². The number of benzene rings is 1. The van der Waals surface area contributed by atoms with E-state index in [4.69, 9.17) is 22.9 Å². The molecule has 2 rings (SSSR count). The van der Waals surface area contributed by atoms with Gasteiger partial charge in [0, 0.05) is 19.4 Å². The molecule has 0 radical (unpaired) electrons. The van der Waals surface area contributed by atoms with Crippen molar-refractivity contribution in [3.05, 3.63) is 35.9 Å². The van der Waals surface area contributed by atoms with E-state index in [0.29, 0.717) is 24.9 Å². The largest absolute Gasteiger partial charge is 0.370 e. The van der Waals surface area contributed by atoms with Crippen molar-refractivity contribution in [2.45, 2.75) is 89.0 Å². The lowest BCUT2D eigenvalue weighted by molar-refractivity contribution is -0.135. The molecule has 13 N–H and O–H groups in total. The zero-order valence-corrected chi connectivity index (χ0v) is 26.4. The average molecular weight is 645 g/mol. The minimum Gasteiger partial charge on any atom is -0.370 e. The highest BCUT2D eigenvalue weighted by Gasteiger charge is 2.33. The van der Waals surface area contributed by atoms with Gasteiger partial charge in [-0.15, -0.1) is 0 Å². The second kappa shape index (κ2) is 18.9. The fourth-order valence-corrected chi connectivity index (χ4v) is 4.93. The summed E-state index contributed by atoms with van der Waals surface area (Å²) in [6.45, 7) is 4.30. The lowest BCUT2D eigenvalue weighted by Gasteiger charge is -2.27. The zero-order valence-electron chi connectivity index (χ0n) is 26.4. The van der Waals surface area contributed by atoms with E-state index in [1.165, 1.54) is 0 Å². The monoisotopic (exact) mass is 644 g/mol. The summed E-state index contributed by atoms with van der Waals surface area (Å²) in [5.74, 6) is -4.37. The molecular weight excluding hydrogens is 596 g/mol. The molecule has 0 saturated carbocycles. The number of hydrogen-bond acceptors (Lipinski definition) is 8. The third-order valence-corrected chi connectivity index (χ3v) is 7.45. The van der Waals surface area contributed by atoms with Gasteiger partial charge < -0.3 is 49.5 Å². The van der Waals surface area contributed by atoms with Gasteiger partial charge in [0.15, 0.2) is 5.96 Å². The molecule has 1 aliphatic heterocycles. The predicted molar refractivity (Wildman–Crippen MR) is 171 cm³/mol. The molecule has 16 heteroatoms. The zero-order chi connectivity index (χ0) is 34.2. The standard InChI is InChI=1S/C30H48N10O6/c1-17(2)24(25(32)42)40-29(46)22(16-18-8-4-3-5-9-18)39-28(45)21(12-13-23(31)41)38-27(44)20(11-7-15-36-30(33)34)37-26(43)19-10-6-14-35-19/h3-5,8-9,17,19-22,24,35H,6-7,10-16H2,1-2H3,(H2,31,41)(H2,32,42)(H,37,43)(H,38,44)(H,39,45)(H,40,46)(H4,33,34,36)/t19-,20-,21-,22-,24-/m0/s1. The number of nitrogens with zero attached hydrogens (tertiary/aromatic N) is 1. The van der Waals surface area contributed by atoms with Crippen molar-refractivity contribution in [3.8, 4) is 0 Å². The Kier molecular flexibility index (Phi) is 15.4. The highest BCUT2D eigenvalue weighted by Crippen LogP contribution is 2.10. The van der Waals surface area contributed by atoms with Gasteiger partial charge in [-0.1, -0.05) is 44.2 Å². The first-order valence-electron chi connectivity index (χ1n) is 15.4. The molecule has 0 aromatic heterocycles. The minimum absolute atomic E-state index is 0.0519. The Labute approximate surface area is 268 Å². The van der Waals surface area contributed by atoms with Crippen LogP contribution in [0, 0.1) is 5.92 Å². The van der Waals surface area contributed by atoms with Gasteiger partial charge in [0.05, 0.1) is 6.04 Å². The smallest absolute Gasteiger partial charge is 0.243 e. The number of aliphatic imine (C=N–C) groups is 1. The van der Waals surface area contributed by atoms with Crippen LogP contribution in [0.15, 0.2) is 35.3 Å². The first-order chi connectivity index (χ1) is 21.8. The number of hydrogen-bond donors (Lipinski definition) is 9. The van der Waals surface area contributed by atoms with Crippen LogP contribution >= 0.6 is 0 Å². The van der Waals surface area contributed by atoms with Crippen LogP contribution in [0.2, 0.25) is 0 Å². The molecule has 6 amide bonds. The first-order valence-corrected chi connectivity index (χ1v) is 15.4. The fraction of sp³-hybridized carbons (Fsp3) is 0.567. The highest BCUT2D eigenvalue weighted by atomic mass is 16.2. The Bertz CT molecular complexity index is 1230. The van der Waals surface area contributed by atoms with Gasteiger partial charge >= 0.3 is 0 Å². The molecule has 46 heavy (non-hydrogen) atoms. The van der Waals surface area contributed by atoms with Gasteiger partial charge in [0.25, 0.3) is 0 Å². The van der Waals surface area contributed by atoms with Crippen LogP contribution in [0.1, 0.15) is 57.9 Å².